The first-order valence-corrected chi connectivity index (χ1v) is 10.5. The lowest BCUT2D eigenvalue weighted by molar-refractivity contribution is -0.142. The third-order valence-electron chi connectivity index (χ3n) is 3.69. The highest BCUT2D eigenvalue weighted by Crippen LogP contribution is 2.43. The molecule has 7 heteroatoms. The Morgan fingerprint density at radius 2 is 1.88 bits per heavy atom. The highest BCUT2D eigenvalue weighted by Gasteiger charge is 2.21. The standard InChI is InChI=1S/C18H25NO4S2/c1-12(2)10-15(17(21)22)19-16(20)11-23-14-6-4-13(5-7-14)18-24-8-3-9-25-18/h4-7,12,15,18H,3,8-11H2,1-2H3,(H,19,20)(H,21,22)/t15-/m0/s1. The van der Waals surface area contributed by atoms with Gasteiger partial charge >= 0.3 is 5.97 Å². The summed E-state index contributed by atoms with van der Waals surface area (Å²) in [5.41, 5.74) is 1.26. The normalized spacial score (nSPS) is 16.4. The van der Waals surface area contributed by atoms with Crippen molar-refractivity contribution < 1.29 is 19.4 Å². The molecule has 0 bridgehead atoms. The third-order valence-corrected chi connectivity index (χ3v) is 6.70. The van der Waals surface area contributed by atoms with E-state index in [0.29, 0.717) is 16.8 Å². The van der Waals surface area contributed by atoms with E-state index in [1.165, 1.54) is 23.5 Å². The van der Waals surface area contributed by atoms with Gasteiger partial charge in [-0.25, -0.2) is 4.79 Å². The number of hydrogen-bond acceptors (Lipinski definition) is 5. The molecular formula is C18H25NO4S2. The molecule has 0 saturated carbocycles. The maximum absolute atomic E-state index is 11.9. The molecule has 1 atom stereocenters. The van der Waals surface area contributed by atoms with Crippen LogP contribution in [-0.4, -0.2) is 41.1 Å². The van der Waals surface area contributed by atoms with Crippen molar-refractivity contribution in [3.63, 3.8) is 0 Å². The van der Waals surface area contributed by atoms with Crippen molar-refractivity contribution in [2.75, 3.05) is 18.1 Å². The summed E-state index contributed by atoms with van der Waals surface area (Å²) >= 11 is 3.91. The summed E-state index contributed by atoms with van der Waals surface area (Å²) in [4.78, 5) is 23.1. The highest BCUT2D eigenvalue weighted by molar-refractivity contribution is 8.16. The fourth-order valence-electron chi connectivity index (χ4n) is 2.48. The van der Waals surface area contributed by atoms with Gasteiger partial charge < -0.3 is 15.2 Å². The van der Waals surface area contributed by atoms with Gasteiger partial charge in [0.2, 0.25) is 0 Å². The average Bonchev–Trinajstić information content (AvgIpc) is 2.60. The zero-order valence-electron chi connectivity index (χ0n) is 14.6. The number of carbonyl (C=O) groups is 2. The van der Waals surface area contributed by atoms with Gasteiger partial charge in [-0.2, -0.15) is 0 Å². The lowest BCUT2D eigenvalue weighted by Gasteiger charge is -2.21. The highest BCUT2D eigenvalue weighted by atomic mass is 32.2. The second-order valence-corrected chi connectivity index (χ2v) is 9.10. The number of hydrogen-bond donors (Lipinski definition) is 2. The Hall–Kier alpha value is -1.34. The minimum Gasteiger partial charge on any atom is -0.484 e. The number of amides is 1. The average molecular weight is 384 g/mol. The minimum atomic E-state index is -1.02. The lowest BCUT2D eigenvalue weighted by atomic mass is 10.0. The van der Waals surface area contributed by atoms with Crippen LogP contribution in [0.1, 0.15) is 36.8 Å². The minimum absolute atomic E-state index is 0.186. The van der Waals surface area contributed by atoms with Crippen LogP contribution in [0.4, 0.5) is 0 Å². The van der Waals surface area contributed by atoms with Gasteiger partial charge in [-0.1, -0.05) is 26.0 Å². The van der Waals surface area contributed by atoms with Crippen molar-refractivity contribution in [3.05, 3.63) is 29.8 Å². The Bertz CT molecular complexity index is 571. The molecule has 0 spiro atoms. The molecule has 1 heterocycles. The topological polar surface area (TPSA) is 75.6 Å². The number of benzene rings is 1. The summed E-state index contributed by atoms with van der Waals surface area (Å²) in [6.07, 6.45) is 1.66. The zero-order valence-corrected chi connectivity index (χ0v) is 16.2. The van der Waals surface area contributed by atoms with Gasteiger partial charge in [0.05, 0.1) is 4.58 Å². The molecule has 0 unspecified atom stereocenters. The van der Waals surface area contributed by atoms with Crippen molar-refractivity contribution in [2.24, 2.45) is 5.92 Å². The first-order chi connectivity index (χ1) is 12.0. The SMILES string of the molecule is CC(C)C[C@H](NC(=O)COc1ccc(C2SCCCS2)cc1)C(=O)O. The Morgan fingerprint density at radius 3 is 2.44 bits per heavy atom. The molecule has 1 aromatic rings. The van der Waals surface area contributed by atoms with Crippen LogP contribution < -0.4 is 10.1 Å². The van der Waals surface area contributed by atoms with Crippen LogP contribution >= 0.6 is 23.5 Å². The number of aliphatic carboxylic acids is 1. The molecule has 5 nitrogen and oxygen atoms in total. The number of nitrogens with one attached hydrogen (secondary N) is 1. The van der Waals surface area contributed by atoms with Crippen LogP contribution in [0.2, 0.25) is 0 Å². The van der Waals surface area contributed by atoms with Crippen LogP contribution in [0.15, 0.2) is 24.3 Å². The molecule has 1 aliphatic rings. The van der Waals surface area contributed by atoms with Gasteiger partial charge in [0, 0.05) is 0 Å². The summed E-state index contributed by atoms with van der Waals surface area (Å²) in [5.74, 6) is 1.74. The summed E-state index contributed by atoms with van der Waals surface area (Å²) < 4.78 is 5.95. The molecule has 2 N–H and O–H groups in total. The molecule has 1 amide bonds. The quantitative estimate of drug-likeness (QED) is 0.715. The molecule has 138 valence electrons. The maximum atomic E-state index is 11.9. The monoisotopic (exact) mass is 383 g/mol. The van der Waals surface area contributed by atoms with Crippen LogP contribution in [0.5, 0.6) is 5.75 Å². The van der Waals surface area contributed by atoms with Gasteiger partial charge in [-0.3, -0.25) is 4.79 Å². The van der Waals surface area contributed by atoms with Crippen molar-refractivity contribution in [1.82, 2.24) is 5.32 Å². The van der Waals surface area contributed by atoms with Crippen molar-refractivity contribution in [3.8, 4) is 5.75 Å². The first-order valence-electron chi connectivity index (χ1n) is 8.44. The second kappa shape index (κ2) is 9.97. The number of rotatable bonds is 8. The van der Waals surface area contributed by atoms with Crippen molar-refractivity contribution in [1.29, 1.82) is 0 Å². The smallest absolute Gasteiger partial charge is 0.326 e. The number of carbonyl (C=O) groups excluding carboxylic acids is 1. The summed E-state index contributed by atoms with van der Waals surface area (Å²) in [5, 5.41) is 11.7. The number of thioether (sulfide) groups is 2. The Labute approximate surface area is 157 Å². The number of ether oxygens (including phenoxy) is 1. The van der Waals surface area contributed by atoms with E-state index in [-0.39, 0.29) is 12.5 Å². The van der Waals surface area contributed by atoms with Crippen LogP contribution in [0, 0.1) is 5.92 Å². The summed E-state index contributed by atoms with van der Waals surface area (Å²) in [6, 6.07) is 6.91. The molecule has 1 aliphatic heterocycles. The molecule has 1 fully saturated rings. The predicted molar refractivity (Wildman–Crippen MR) is 103 cm³/mol. The van der Waals surface area contributed by atoms with Crippen molar-refractivity contribution >= 4 is 35.4 Å². The van der Waals surface area contributed by atoms with Gasteiger partial charge in [0.15, 0.2) is 6.61 Å². The van der Waals surface area contributed by atoms with E-state index < -0.39 is 17.9 Å². The molecule has 0 radical (unpaired) electrons. The van der Waals surface area contributed by atoms with Crippen LogP contribution in [-0.2, 0) is 9.59 Å². The van der Waals surface area contributed by atoms with Crippen LogP contribution in [0.3, 0.4) is 0 Å². The predicted octanol–water partition coefficient (Wildman–Crippen LogP) is 3.55. The van der Waals surface area contributed by atoms with E-state index in [9.17, 15) is 9.59 Å². The molecule has 0 aliphatic carbocycles. The lowest BCUT2D eigenvalue weighted by Crippen LogP contribution is -2.43. The van der Waals surface area contributed by atoms with E-state index in [2.05, 4.69) is 5.32 Å². The second-order valence-electron chi connectivity index (χ2n) is 6.37. The molecule has 1 aromatic carbocycles. The molecule has 0 aromatic heterocycles. The summed E-state index contributed by atoms with van der Waals surface area (Å²) in [6.45, 7) is 3.65. The van der Waals surface area contributed by atoms with Gasteiger partial charge in [-0.15, -0.1) is 23.5 Å². The summed E-state index contributed by atoms with van der Waals surface area (Å²) in [7, 11) is 0. The molecule has 2 rings (SSSR count). The van der Waals surface area contributed by atoms with Crippen LogP contribution in [0.25, 0.3) is 0 Å². The van der Waals surface area contributed by atoms with E-state index in [1.807, 2.05) is 61.6 Å². The Kier molecular flexibility index (Phi) is 7.96. The van der Waals surface area contributed by atoms with Gasteiger partial charge in [-0.05, 0) is 48.0 Å². The van der Waals surface area contributed by atoms with E-state index in [0.717, 1.165) is 0 Å². The first kappa shape index (κ1) is 20.0. The third kappa shape index (κ3) is 6.82. The Morgan fingerprint density at radius 1 is 1.24 bits per heavy atom. The van der Waals surface area contributed by atoms with Crippen molar-refractivity contribution in [2.45, 2.75) is 37.3 Å². The van der Waals surface area contributed by atoms with E-state index in [4.69, 9.17) is 9.84 Å². The maximum Gasteiger partial charge on any atom is 0.326 e. The molecule has 25 heavy (non-hydrogen) atoms. The molecule has 1 saturated heterocycles. The number of carboxylic acid groups (broad SMARTS) is 1. The van der Waals surface area contributed by atoms with E-state index >= 15 is 0 Å². The van der Waals surface area contributed by atoms with Gasteiger partial charge in [0.25, 0.3) is 5.91 Å². The molecular weight excluding hydrogens is 358 g/mol. The van der Waals surface area contributed by atoms with Gasteiger partial charge in [0.1, 0.15) is 11.8 Å². The fourth-order valence-corrected chi connectivity index (χ4v) is 5.37. The zero-order chi connectivity index (χ0) is 18.2. The fraction of sp³-hybridized carbons (Fsp3) is 0.556. The number of carboxylic acids is 1. The van der Waals surface area contributed by atoms with E-state index in [1.54, 1.807) is 0 Å². The largest absolute Gasteiger partial charge is 0.484 e. The Balaban J connectivity index is 1.81.